The van der Waals surface area contributed by atoms with Crippen LogP contribution in [0.2, 0.25) is 0 Å². The van der Waals surface area contributed by atoms with Gasteiger partial charge in [0.2, 0.25) is 0 Å². The lowest BCUT2D eigenvalue weighted by Crippen LogP contribution is -1.97. The van der Waals surface area contributed by atoms with Crippen LogP contribution in [0.25, 0.3) is 21.9 Å². The number of rotatable bonds is 7. The van der Waals surface area contributed by atoms with Crippen molar-refractivity contribution in [3.8, 4) is 0 Å². The van der Waals surface area contributed by atoms with E-state index in [4.69, 9.17) is 5.11 Å². The van der Waals surface area contributed by atoms with Gasteiger partial charge in [-0.1, -0.05) is 31.2 Å². The first-order valence-electron chi connectivity index (χ1n) is 8.53. The third kappa shape index (κ3) is 4.38. The number of thiazole rings is 1. The van der Waals surface area contributed by atoms with Crippen molar-refractivity contribution in [1.82, 2.24) is 4.98 Å². The summed E-state index contributed by atoms with van der Waals surface area (Å²) < 4.78 is 1.01. The molecule has 0 aliphatic heterocycles. The van der Waals surface area contributed by atoms with Crippen LogP contribution >= 0.6 is 11.3 Å². The second-order valence-corrected chi connectivity index (χ2v) is 7.08. The second kappa shape index (κ2) is 8.09. The molecule has 1 heterocycles. The Morgan fingerprint density at radius 1 is 1.26 bits per heavy atom. The Labute approximate surface area is 160 Å². The molecule has 0 unspecified atom stereocenters. The van der Waals surface area contributed by atoms with Gasteiger partial charge in [0, 0.05) is 18.1 Å². The van der Waals surface area contributed by atoms with E-state index in [1.54, 1.807) is 12.1 Å². The molecule has 0 amide bonds. The number of nitrogens with zero attached hydrogens (tertiary/aromatic N) is 2. The maximum atomic E-state index is 11.3. The molecule has 0 atom stereocenters. The molecule has 3 rings (SSSR count). The first kappa shape index (κ1) is 18.7. The standard InChI is InChI=1S/C20H18N2O4S/c1-2-14-8-7-13(12-17(14)22(25)26)11-15(9-10-19(23)24)20-21-16-5-3-4-6-18(16)27-20/h3-8,11-12H,2,9-10H2,1H3,(H,23,24)/b15-11+. The average molecular weight is 382 g/mol. The summed E-state index contributed by atoms with van der Waals surface area (Å²) in [5.41, 5.74) is 3.03. The van der Waals surface area contributed by atoms with Crippen molar-refractivity contribution in [2.45, 2.75) is 26.2 Å². The maximum Gasteiger partial charge on any atom is 0.303 e. The molecule has 7 heteroatoms. The SMILES string of the molecule is CCc1ccc(/C=C(\CCC(=O)O)c2nc3ccccc3s2)cc1[N+](=O)[O-]. The molecule has 27 heavy (non-hydrogen) atoms. The van der Waals surface area contributed by atoms with Crippen LogP contribution in [-0.4, -0.2) is 21.0 Å². The van der Waals surface area contributed by atoms with Gasteiger partial charge in [-0.15, -0.1) is 11.3 Å². The van der Waals surface area contributed by atoms with Gasteiger partial charge in [0.15, 0.2) is 0 Å². The van der Waals surface area contributed by atoms with E-state index in [9.17, 15) is 14.9 Å². The number of carboxylic acid groups (broad SMARTS) is 1. The van der Waals surface area contributed by atoms with Crippen LogP contribution in [0.1, 0.15) is 35.9 Å². The van der Waals surface area contributed by atoms with Gasteiger partial charge < -0.3 is 5.11 Å². The molecular formula is C20H18N2O4S. The summed E-state index contributed by atoms with van der Waals surface area (Å²) >= 11 is 1.49. The van der Waals surface area contributed by atoms with Gasteiger partial charge in [-0.3, -0.25) is 14.9 Å². The normalized spacial score (nSPS) is 11.7. The van der Waals surface area contributed by atoms with Crippen LogP contribution in [0, 0.1) is 10.1 Å². The van der Waals surface area contributed by atoms with E-state index in [2.05, 4.69) is 4.98 Å². The molecule has 138 valence electrons. The third-order valence-corrected chi connectivity index (χ3v) is 5.32. The van der Waals surface area contributed by atoms with Crippen LogP contribution in [0.4, 0.5) is 5.69 Å². The zero-order valence-corrected chi connectivity index (χ0v) is 15.5. The molecule has 0 spiro atoms. The van der Waals surface area contributed by atoms with E-state index in [0.29, 0.717) is 24.0 Å². The van der Waals surface area contributed by atoms with Crippen molar-refractivity contribution in [1.29, 1.82) is 0 Å². The maximum absolute atomic E-state index is 11.3. The fourth-order valence-electron chi connectivity index (χ4n) is 2.83. The quantitative estimate of drug-likeness (QED) is 0.449. The highest BCUT2D eigenvalue weighted by Gasteiger charge is 2.15. The molecular weight excluding hydrogens is 364 g/mol. The first-order valence-corrected chi connectivity index (χ1v) is 9.35. The third-order valence-electron chi connectivity index (χ3n) is 4.20. The van der Waals surface area contributed by atoms with Crippen molar-refractivity contribution >= 4 is 44.9 Å². The Kier molecular flexibility index (Phi) is 5.61. The van der Waals surface area contributed by atoms with E-state index < -0.39 is 5.97 Å². The highest BCUT2D eigenvalue weighted by atomic mass is 32.1. The number of para-hydroxylation sites is 1. The zero-order chi connectivity index (χ0) is 19.4. The molecule has 6 nitrogen and oxygen atoms in total. The highest BCUT2D eigenvalue weighted by Crippen LogP contribution is 2.32. The molecule has 1 N–H and O–H groups in total. The number of carbonyl (C=O) groups is 1. The summed E-state index contributed by atoms with van der Waals surface area (Å²) in [6.45, 7) is 1.87. The first-order chi connectivity index (χ1) is 13.0. The van der Waals surface area contributed by atoms with Crippen molar-refractivity contribution < 1.29 is 14.8 Å². The van der Waals surface area contributed by atoms with Crippen LogP contribution in [0.3, 0.4) is 0 Å². The van der Waals surface area contributed by atoms with Gasteiger partial charge in [-0.2, -0.15) is 0 Å². The number of nitro groups is 1. The Hall–Kier alpha value is -3.06. The van der Waals surface area contributed by atoms with Gasteiger partial charge in [0.25, 0.3) is 5.69 Å². The molecule has 1 aromatic heterocycles. The van der Waals surface area contributed by atoms with E-state index in [0.717, 1.165) is 20.8 Å². The smallest absolute Gasteiger partial charge is 0.303 e. The summed E-state index contributed by atoms with van der Waals surface area (Å²) in [5, 5.41) is 21.1. The largest absolute Gasteiger partial charge is 0.481 e. The number of aliphatic carboxylic acids is 1. The van der Waals surface area contributed by atoms with E-state index in [1.165, 1.54) is 17.4 Å². The Morgan fingerprint density at radius 2 is 2.04 bits per heavy atom. The molecule has 2 aromatic carbocycles. The Balaban J connectivity index is 2.05. The van der Waals surface area contributed by atoms with Gasteiger partial charge >= 0.3 is 5.97 Å². The molecule has 0 aliphatic rings. The lowest BCUT2D eigenvalue weighted by atomic mass is 10.0. The fourth-order valence-corrected chi connectivity index (χ4v) is 3.84. The van der Waals surface area contributed by atoms with Crippen LogP contribution in [0.15, 0.2) is 42.5 Å². The number of nitro benzene ring substituents is 1. The summed E-state index contributed by atoms with van der Waals surface area (Å²) in [4.78, 5) is 26.6. The minimum absolute atomic E-state index is 0.0309. The molecule has 0 saturated carbocycles. The second-order valence-electron chi connectivity index (χ2n) is 6.05. The summed E-state index contributed by atoms with van der Waals surface area (Å²) in [6.07, 6.45) is 2.65. The number of hydrogen-bond acceptors (Lipinski definition) is 5. The van der Waals surface area contributed by atoms with Gasteiger partial charge in [-0.25, -0.2) is 4.98 Å². The molecule has 3 aromatic rings. The molecule has 0 aliphatic carbocycles. The van der Waals surface area contributed by atoms with Gasteiger partial charge in [-0.05, 0) is 42.2 Å². The molecule has 0 radical (unpaired) electrons. The fraction of sp³-hybridized carbons (Fsp3) is 0.200. The predicted octanol–water partition coefficient (Wildman–Crippen LogP) is 5.17. The number of fused-ring (bicyclic) bond motifs is 1. The van der Waals surface area contributed by atoms with E-state index in [1.807, 2.05) is 37.3 Å². The van der Waals surface area contributed by atoms with Gasteiger partial charge in [0.05, 0.1) is 15.1 Å². The number of aryl methyl sites for hydroxylation is 1. The number of benzene rings is 2. The summed E-state index contributed by atoms with van der Waals surface area (Å²) in [7, 11) is 0. The Morgan fingerprint density at radius 3 is 2.70 bits per heavy atom. The lowest BCUT2D eigenvalue weighted by molar-refractivity contribution is -0.385. The Bertz CT molecular complexity index is 1010. The van der Waals surface area contributed by atoms with Crippen molar-refractivity contribution in [2.75, 3.05) is 0 Å². The van der Waals surface area contributed by atoms with E-state index in [-0.39, 0.29) is 17.0 Å². The number of allylic oxidation sites excluding steroid dienone is 1. The molecule has 0 saturated heterocycles. The average Bonchev–Trinajstić information content (AvgIpc) is 3.08. The monoisotopic (exact) mass is 382 g/mol. The van der Waals surface area contributed by atoms with Crippen LogP contribution in [0.5, 0.6) is 0 Å². The summed E-state index contributed by atoms with van der Waals surface area (Å²) in [5.74, 6) is -0.894. The minimum atomic E-state index is -0.894. The number of aromatic nitrogens is 1. The topological polar surface area (TPSA) is 93.3 Å². The molecule has 0 bridgehead atoms. The minimum Gasteiger partial charge on any atom is -0.481 e. The van der Waals surface area contributed by atoms with Crippen LogP contribution < -0.4 is 0 Å². The van der Waals surface area contributed by atoms with Crippen molar-refractivity contribution in [3.05, 3.63) is 68.7 Å². The van der Waals surface area contributed by atoms with E-state index >= 15 is 0 Å². The highest BCUT2D eigenvalue weighted by molar-refractivity contribution is 7.19. The summed E-state index contributed by atoms with van der Waals surface area (Å²) in [6, 6.07) is 12.8. The van der Waals surface area contributed by atoms with Crippen molar-refractivity contribution in [2.24, 2.45) is 0 Å². The van der Waals surface area contributed by atoms with Crippen molar-refractivity contribution in [3.63, 3.8) is 0 Å². The number of carboxylic acids is 1. The van der Waals surface area contributed by atoms with Crippen LogP contribution in [-0.2, 0) is 11.2 Å². The lowest BCUT2D eigenvalue weighted by Gasteiger charge is -2.05. The zero-order valence-electron chi connectivity index (χ0n) is 14.7. The molecule has 0 fully saturated rings. The number of hydrogen-bond donors (Lipinski definition) is 1. The predicted molar refractivity (Wildman–Crippen MR) is 107 cm³/mol. The van der Waals surface area contributed by atoms with Gasteiger partial charge in [0.1, 0.15) is 5.01 Å².